The average Bonchev–Trinajstić information content (AvgIpc) is 0.812. The van der Waals surface area contributed by atoms with E-state index in [1.54, 1.807) is 66.7 Å². The summed E-state index contributed by atoms with van der Waals surface area (Å²) in [5.41, 5.74) is 0.948. The zero-order chi connectivity index (χ0) is 74.2. The summed E-state index contributed by atoms with van der Waals surface area (Å²) in [5, 5.41) is 20.5. The molecule has 11 amide bonds. The molecule has 24 heteroatoms. The average molecular weight is 1360 g/mol. The van der Waals surface area contributed by atoms with E-state index in [0.29, 0.717) is 13.0 Å². The Bertz CT molecular complexity index is 2830. The summed E-state index contributed by atoms with van der Waals surface area (Å²) in [6.45, 7) is 29.8. The largest absolute Gasteiger partial charge is 0.390 e. The molecule has 0 bridgehead atoms. The molecule has 0 saturated carbocycles. The molecule has 1 saturated heterocycles. The maximum Gasteiger partial charge on any atom is 0.246 e. The zero-order valence-electron chi connectivity index (χ0n) is 63.1. The lowest BCUT2D eigenvalue weighted by atomic mass is 9.91. The number of aliphatic hydroxyl groups excluding tert-OH is 1. The van der Waals surface area contributed by atoms with Crippen LogP contribution in [0.2, 0.25) is 0 Å². The van der Waals surface area contributed by atoms with Crippen LogP contribution in [0.4, 0.5) is 0 Å². The zero-order valence-corrected chi connectivity index (χ0v) is 63.1. The molecule has 0 spiro atoms. The van der Waals surface area contributed by atoms with Crippen molar-refractivity contribution < 1.29 is 62.6 Å². The summed E-state index contributed by atoms with van der Waals surface area (Å²) >= 11 is 0. The molecule has 548 valence electrons. The smallest absolute Gasteiger partial charge is 0.246 e. The topological polar surface area (TPSA) is 279 Å². The number of ether oxygens (including phenoxy) is 1. The Hall–Kier alpha value is -7.21. The quantitative estimate of drug-likeness (QED) is 0.0844. The molecule has 12 atom stereocenters. The van der Waals surface area contributed by atoms with Gasteiger partial charge in [0, 0.05) is 55.9 Å². The van der Waals surface area contributed by atoms with Crippen molar-refractivity contribution in [2.75, 3.05) is 69.0 Å². The minimum Gasteiger partial charge on any atom is -0.390 e. The van der Waals surface area contributed by atoms with Gasteiger partial charge in [0.1, 0.15) is 60.4 Å². The highest BCUT2D eigenvalue weighted by atomic mass is 16.5. The molecule has 0 aromatic heterocycles. The van der Waals surface area contributed by atoms with Crippen LogP contribution in [-0.4, -0.2) is 245 Å². The second kappa shape index (κ2) is 40.6. The molecule has 1 aromatic carbocycles. The molecule has 4 N–H and O–H groups in total. The Kier molecular flexibility index (Phi) is 36.0. The van der Waals surface area contributed by atoms with E-state index in [2.05, 4.69) is 16.0 Å². The van der Waals surface area contributed by atoms with E-state index in [1.807, 2.05) is 91.8 Å². The molecule has 1 heterocycles. The Morgan fingerprint density at radius 3 is 1.44 bits per heavy atom. The number of benzene rings is 1. The predicted molar refractivity (Wildman–Crippen MR) is 377 cm³/mol. The Balaban J connectivity index is 3.08. The highest BCUT2D eigenvalue weighted by molar-refractivity contribution is 5.99. The molecule has 24 nitrogen and oxygen atoms in total. The van der Waals surface area contributed by atoms with Crippen LogP contribution in [-0.2, 0) is 64.1 Å². The van der Waals surface area contributed by atoms with Crippen LogP contribution in [0, 0.1) is 41.4 Å². The minimum absolute atomic E-state index is 0.00487. The van der Waals surface area contributed by atoms with Crippen LogP contribution in [0.1, 0.15) is 162 Å². The maximum absolute atomic E-state index is 15.7. The number of amides is 11. The van der Waals surface area contributed by atoms with E-state index in [0.717, 1.165) is 15.4 Å². The van der Waals surface area contributed by atoms with Crippen LogP contribution in [0.15, 0.2) is 54.6 Å². The van der Waals surface area contributed by atoms with Gasteiger partial charge in [-0.2, -0.15) is 0 Å². The Morgan fingerprint density at radius 1 is 0.495 bits per heavy atom. The van der Waals surface area contributed by atoms with E-state index < -0.39 is 156 Å². The first-order valence-electron chi connectivity index (χ1n) is 34.8. The second-order valence-corrected chi connectivity index (χ2v) is 29.0. The van der Waals surface area contributed by atoms with E-state index in [9.17, 15) is 29.1 Å². The number of nitrogens with zero attached hydrogens (tertiary/aromatic N) is 8. The maximum atomic E-state index is 15.7. The summed E-state index contributed by atoms with van der Waals surface area (Å²) in [5.74, 6) is -9.93. The molecular formula is C73H123N11O13. The van der Waals surface area contributed by atoms with Crippen molar-refractivity contribution in [1.29, 1.82) is 0 Å². The normalized spacial score (nSPS) is 25.2. The Labute approximate surface area is 580 Å². The minimum atomic E-state index is -1.63. The first-order valence-corrected chi connectivity index (χ1v) is 34.8. The van der Waals surface area contributed by atoms with E-state index in [1.165, 1.54) is 92.6 Å². The monoisotopic (exact) mass is 1360 g/mol. The molecule has 0 unspecified atom stereocenters. The van der Waals surface area contributed by atoms with Gasteiger partial charge in [0.2, 0.25) is 65.0 Å². The van der Waals surface area contributed by atoms with Crippen molar-refractivity contribution in [3.63, 3.8) is 0 Å². The van der Waals surface area contributed by atoms with Gasteiger partial charge in [0.15, 0.2) is 0 Å². The third kappa shape index (κ3) is 24.9. The predicted octanol–water partition coefficient (Wildman–Crippen LogP) is 5.75. The molecule has 0 radical (unpaired) electrons. The van der Waals surface area contributed by atoms with Crippen molar-refractivity contribution in [3.8, 4) is 0 Å². The highest BCUT2D eigenvalue weighted by Crippen LogP contribution is 2.27. The van der Waals surface area contributed by atoms with Crippen molar-refractivity contribution in [1.82, 2.24) is 55.1 Å². The van der Waals surface area contributed by atoms with Crippen molar-refractivity contribution in [2.24, 2.45) is 41.4 Å². The summed E-state index contributed by atoms with van der Waals surface area (Å²) in [6.07, 6.45) is 6.35. The fourth-order valence-electron chi connectivity index (χ4n) is 12.3. The van der Waals surface area contributed by atoms with Crippen LogP contribution >= 0.6 is 0 Å². The van der Waals surface area contributed by atoms with Crippen LogP contribution < -0.4 is 16.0 Å². The number of carbonyl (C=O) groups excluding carboxylic acids is 11. The molecule has 1 aliphatic heterocycles. The number of aliphatic hydroxyl groups is 1. The van der Waals surface area contributed by atoms with Crippen LogP contribution in [0.5, 0.6) is 0 Å². The molecule has 1 aliphatic rings. The van der Waals surface area contributed by atoms with Crippen LogP contribution in [0.3, 0.4) is 0 Å². The summed E-state index contributed by atoms with van der Waals surface area (Å²) < 4.78 is 5.94. The van der Waals surface area contributed by atoms with Gasteiger partial charge in [0.05, 0.1) is 25.9 Å². The second-order valence-electron chi connectivity index (χ2n) is 29.0. The fraction of sp³-hybridized carbons (Fsp3) is 0.712. The number of nitrogens with one attached hydrogen (secondary N) is 3. The van der Waals surface area contributed by atoms with Gasteiger partial charge in [-0.1, -0.05) is 152 Å². The third-order valence-electron chi connectivity index (χ3n) is 18.1. The molecule has 2 rings (SSSR count). The first-order chi connectivity index (χ1) is 45.2. The number of carbonyl (C=O) groups is 11. The number of hydrogen-bond donors (Lipinski definition) is 4. The van der Waals surface area contributed by atoms with Gasteiger partial charge in [-0.15, -0.1) is 0 Å². The third-order valence-corrected chi connectivity index (χ3v) is 18.1. The van der Waals surface area contributed by atoms with Gasteiger partial charge in [-0.25, -0.2) is 0 Å². The van der Waals surface area contributed by atoms with Crippen LogP contribution in [0.25, 0.3) is 0 Å². The van der Waals surface area contributed by atoms with Gasteiger partial charge >= 0.3 is 0 Å². The van der Waals surface area contributed by atoms with Gasteiger partial charge < -0.3 is 65.0 Å². The lowest BCUT2D eigenvalue weighted by Crippen LogP contribution is -2.63. The molecule has 1 fully saturated rings. The van der Waals surface area contributed by atoms with Crippen molar-refractivity contribution >= 4 is 65.0 Å². The standard InChI is InChI=1S/C73H123N11O13/c1-25-27-33-50(15)63(86)62-66(89)76-54(26-2)68(91)77(18)42-59(85)78(19)58(41-47(9)10)71(94)84(36-31-32-37-97-43-53-34-29-28-30-35-53)61(49(13)14)73(96)79(20)55(38-44(3)4)65(88)74-51(16)64(87)75-52(17)67(90)80(21)56(39-45(5)6)69(92)81(22)57(40-46(7)8)70(93)82(23)60(48(11)12)72(95)83(62)24/h25,27-32,34-35,44-52,54-58,60-63,86H,26,33,36-43H2,1-24H3,(H,74,88)(H,75,87)(H,76,89)/b27-25+,32-31+/t50-,51+,52-,54+,55+,56+,57+,58+,60+,61+,62+,63-/m1/s1. The first kappa shape index (κ1) is 85.9. The SMILES string of the molecule is C/C=C/C[C@@H](C)[C@@H](O)[C@H]1C(=O)N[C@@H](CC)C(=O)N(C)CC(=O)N(C)[C@@H](CC(C)C)C(=O)N(C/C=C/COCc2ccccc2)[C@@H](C(C)C)C(=O)N(C)[C@@H](CC(C)C)C(=O)N[C@@H](C)C(=O)N[C@H](C)C(=O)N(C)[C@@H](CC(C)C)C(=O)N(C)[C@@H](CC(C)C)C(=O)N(C)[C@@H](C(C)C)C(=O)N1C. The summed E-state index contributed by atoms with van der Waals surface area (Å²) in [4.78, 5) is 174. The van der Waals surface area contributed by atoms with Gasteiger partial charge in [-0.05, 0) is 106 Å². The lowest BCUT2D eigenvalue weighted by molar-refractivity contribution is -0.157. The summed E-state index contributed by atoms with van der Waals surface area (Å²) in [7, 11) is 10.0. The number of rotatable bonds is 21. The van der Waals surface area contributed by atoms with Gasteiger partial charge in [-0.3, -0.25) is 52.7 Å². The highest BCUT2D eigenvalue weighted by Gasteiger charge is 2.46. The van der Waals surface area contributed by atoms with Gasteiger partial charge in [0.25, 0.3) is 0 Å². The Morgan fingerprint density at radius 2 is 0.948 bits per heavy atom. The lowest BCUT2D eigenvalue weighted by Gasteiger charge is -2.41. The van der Waals surface area contributed by atoms with Crippen molar-refractivity contribution in [2.45, 2.75) is 229 Å². The fourth-order valence-corrected chi connectivity index (χ4v) is 12.3. The molecule has 0 aliphatic carbocycles. The number of allylic oxidation sites excluding steroid dienone is 2. The number of likely N-dealkylation sites (N-methyl/N-ethyl adjacent to an activating group) is 7. The molecular weight excluding hydrogens is 1240 g/mol. The van der Waals surface area contributed by atoms with E-state index in [4.69, 9.17) is 4.74 Å². The number of hydrogen-bond acceptors (Lipinski definition) is 13. The molecule has 1 aromatic rings. The van der Waals surface area contributed by atoms with Crippen molar-refractivity contribution in [3.05, 3.63) is 60.2 Å². The molecule has 97 heavy (non-hydrogen) atoms. The van der Waals surface area contributed by atoms with E-state index >= 15 is 28.8 Å². The summed E-state index contributed by atoms with van der Waals surface area (Å²) in [6, 6.07) is -3.09. The van der Waals surface area contributed by atoms with E-state index in [-0.39, 0.29) is 68.9 Å².